The summed E-state index contributed by atoms with van der Waals surface area (Å²) < 4.78 is 0. The normalized spacial score (nSPS) is 20.1. The number of unbranched alkanes of at least 4 members (excludes halogenated alkanes) is 9. The molecule has 1 heteroatoms. The molecule has 0 spiro atoms. The lowest BCUT2D eigenvalue weighted by atomic mass is 10.0. The van der Waals surface area contributed by atoms with Crippen LogP contribution >= 0.6 is 0 Å². The van der Waals surface area contributed by atoms with Crippen LogP contribution in [0.15, 0.2) is 4.99 Å². The number of hydrogen-bond donors (Lipinski definition) is 0. The standard InChI is InChI=1S/C24H47N/c1-2-3-4-5-6-7-9-12-15-18-21-24-22-19-16-13-10-8-11-14-17-20-23-25-24/h2-23H2,1H3/b25-24+. The van der Waals surface area contributed by atoms with Crippen molar-refractivity contribution >= 4 is 5.71 Å². The highest BCUT2D eigenvalue weighted by molar-refractivity contribution is 5.84. The quantitative estimate of drug-likeness (QED) is 0.331. The van der Waals surface area contributed by atoms with Crippen LogP contribution in [-0.2, 0) is 0 Å². The smallest absolute Gasteiger partial charge is 0.0388 e. The Kier molecular flexibility index (Phi) is 16.8. The molecule has 1 aliphatic rings. The van der Waals surface area contributed by atoms with E-state index in [0.717, 1.165) is 6.54 Å². The average molecular weight is 350 g/mol. The van der Waals surface area contributed by atoms with Crippen molar-refractivity contribution in [3.63, 3.8) is 0 Å². The zero-order chi connectivity index (χ0) is 17.8. The van der Waals surface area contributed by atoms with Crippen LogP contribution in [0.2, 0.25) is 0 Å². The second-order valence-electron chi connectivity index (χ2n) is 8.31. The fourth-order valence-corrected chi connectivity index (χ4v) is 4.02. The molecule has 25 heavy (non-hydrogen) atoms. The average Bonchev–Trinajstić information content (AvgIpc) is 2.65. The topological polar surface area (TPSA) is 12.4 Å². The SMILES string of the molecule is CCCCCCCCCCCC/C1=N\CCCCCCCCCCC1. The molecular formula is C24H47N. The summed E-state index contributed by atoms with van der Waals surface area (Å²) in [5.41, 5.74) is 1.55. The largest absolute Gasteiger partial charge is 0.294 e. The van der Waals surface area contributed by atoms with Gasteiger partial charge in [0.25, 0.3) is 0 Å². The van der Waals surface area contributed by atoms with Crippen LogP contribution in [0.3, 0.4) is 0 Å². The predicted octanol–water partition coefficient (Wildman–Crippen LogP) is 8.65. The number of aliphatic imine (C=N–C) groups is 1. The van der Waals surface area contributed by atoms with Crippen molar-refractivity contribution in [2.75, 3.05) is 6.54 Å². The molecule has 0 unspecified atom stereocenters. The highest BCUT2D eigenvalue weighted by Gasteiger charge is 2.02. The van der Waals surface area contributed by atoms with Crippen molar-refractivity contribution in [3.05, 3.63) is 0 Å². The number of rotatable bonds is 11. The van der Waals surface area contributed by atoms with Crippen LogP contribution in [0.5, 0.6) is 0 Å². The van der Waals surface area contributed by atoms with Crippen molar-refractivity contribution in [2.24, 2.45) is 4.99 Å². The Bertz CT molecular complexity index is 294. The molecule has 1 rings (SSSR count). The van der Waals surface area contributed by atoms with Gasteiger partial charge in [-0.3, -0.25) is 4.99 Å². The van der Waals surface area contributed by atoms with Gasteiger partial charge in [-0.25, -0.2) is 0 Å². The summed E-state index contributed by atoms with van der Waals surface area (Å²) in [7, 11) is 0. The second-order valence-corrected chi connectivity index (χ2v) is 8.31. The van der Waals surface area contributed by atoms with Crippen LogP contribution in [-0.4, -0.2) is 12.3 Å². The van der Waals surface area contributed by atoms with Crippen molar-refractivity contribution in [1.29, 1.82) is 0 Å². The van der Waals surface area contributed by atoms with E-state index in [1.54, 1.807) is 5.71 Å². The van der Waals surface area contributed by atoms with E-state index in [9.17, 15) is 0 Å². The molecule has 0 aromatic rings. The summed E-state index contributed by atoms with van der Waals surface area (Å²) in [6.45, 7) is 3.40. The third-order valence-corrected chi connectivity index (χ3v) is 5.78. The molecule has 0 aromatic heterocycles. The van der Waals surface area contributed by atoms with Gasteiger partial charge in [0, 0.05) is 12.3 Å². The van der Waals surface area contributed by atoms with Crippen LogP contribution < -0.4 is 0 Å². The lowest BCUT2D eigenvalue weighted by molar-refractivity contribution is 0.558. The molecule has 0 aromatic carbocycles. The van der Waals surface area contributed by atoms with Gasteiger partial charge in [-0.15, -0.1) is 0 Å². The first kappa shape index (κ1) is 22.7. The Morgan fingerprint density at radius 1 is 0.560 bits per heavy atom. The van der Waals surface area contributed by atoms with Crippen molar-refractivity contribution in [1.82, 2.24) is 0 Å². The van der Waals surface area contributed by atoms with Gasteiger partial charge in [-0.1, -0.05) is 110 Å². The maximum atomic E-state index is 4.98. The van der Waals surface area contributed by atoms with Crippen LogP contribution in [0, 0.1) is 0 Å². The van der Waals surface area contributed by atoms with E-state index < -0.39 is 0 Å². The van der Waals surface area contributed by atoms with E-state index in [0.29, 0.717) is 0 Å². The van der Waals surface area contributed by atoms with E-state index in [1.807, 2.05) is 0 Å². The van der Waals surface area contributed by atoms with E-state index in [-0.39, 0.29) is 0 Å². The third-order valence-electron chi connectivity index (χ3n) is 5.78. The van der Waals surface area contributed by atoms with E-state index in [2.05, 4.69) is 6.92 Å². The molecule has 0 bridgehead atoms. The second kappa shape index (κ2) is 18.5. The molecule has 1 nitrogen and oxygen atoms in total. The van der Waals surface area contributed by atoms with E-state index >= 15 is 0 Å². The number of hydrogen-bond acceptors (Lipinski definition) is 1. The Morgan fingerprint density at radius 2 is 1.04 bits per heavy atom. The molecule has 148 valence electrons. The summed E-state index contributed by atoms with van der Waals surface area (Å²) in [6.07, 6.45) is 29.7. The van der Waals surface area contributed by atoms with Gasteiger partial charge in [0.05, 0.1) is 0 Å². The molecule has 1 aliphatic heterocycles. The molecule has 0 atom stereocenters. The van der Waals surface area contributed by atoms with Crippen molar-refractivity contribution < 1.29 is 0 Å². The highest BCUT2D eigenvalue weighted by Crippen LogP contribution is 2.15. The van der Waals surface area contributed by atoms with Crippen LogP contribution in [0.25, 0.3) is 0 Å². The van der Waals surface area contributed by atoms with Gasteiger partial charge in [0.1, 0.15) is 0 Å². The van der Waals surface area contributed by atoms with Crippen LogP contribution in [0.1, 0.15) is 142 Å². The molecule has 0 N–H and O–H groups in total. The van der Waals surface area contributed by atoms with Crippen molar-refractivity contribution in [3.8, 4) is 0 Å². The molecule has 0 fully saturated rings. The van der Waals surface area contributed by atoms with Crippen molar-refractivity contribution in [2.45, 2.75) is 142 Å². The van der Waals surface area contributed by atoms with Gasteiger partial charge < -0.3 is 0 Å². The monoisotopic (exact) mass is 349 g/mol. The highest BCUT2D eigenvalue weighted by atomic mass is 14.7. The Labute approximate surface area is 159 Å². The maximum Gasteiger partial charge on any atom is 0.0388 e. The summed E-state index contributed by atoms with van der Waals surface area (Å²) in [6, 6.07) is 0. The fourth-order valence-electron chi connectivity index (χ4n) is 4.02. The maximum absolute atomic E-state index is 4.98. The fraction of sp³-hybridized carbons (Fsp3) is 0.958. The first-order valence-corrected chi connectivity index (χ1v) is 12.0. The molecule has 0 saturated carbocycles. The first-order valence-electron chi connectivity index (χ1n) is 12.0. The molecular weight excluding hydrogens is 302 g/mol. The van der Waals surface area contributed by atoms with Gasteiger partial charge in [0.15, 0.2) is 0 Å². The minimum Gasteiger partial charge on any atom is -0.294 e. The Hall–Kier alpha value is -0.330. The molecule has 0 aliphatic carbocycles. The van der Waals surface area contributed by atoms with Gasteiger partial charge in [-0.2, -0.15) is 0 Å². The molecule has 1 heterocycles. The molecule has 0 saturated heterocycles. The molecule has 0 amide bonds. The lowest BCUT2D eigenvalue weighted by Crippen LogP contribution is -2.01. The minimum absolute atomic E-state index is 1.10. The zero-order valence-corrected chi connectivity index (χ0v) is 17.5. The minimum atomic E-state index is 1.10. The van der Waals surface area contributed by atoms with Gasteiger partial charge >= 0.3 is 0 Å². The van der Waals surface area contributed by atoms with Crippen LogP contribution in [0.4, 0.5) is 0 Å². The predicted molar refractivity (Wildman–Crippen MR) is 115 cm³/mol. The Balaban J connectivity index is 2.04. The lowest BCUT2D eigenvalue weighted by Gasteiger charge is -2.07. The summed E-state index contributed by atoms with van der Waals surface area (Å²) >= 11 is 0. The third kappa shape index (κ3) is 15.6. The van der Waals surface area contributed by atoms with Gasteiger partial charge in [0.2, 0.25) is 0 Å². The zero-order valence-electron chi connectivity index (χ0n) is 17.5. The molecule has 0 radical (unpaired) electrons. The summed E-state index contributed by atoms with van der Waals surface area (Å²) in [4.78, 5) is 4.98. The van der Waals surface area contributed by atoms with E-state index in [4.69, 9.17) is 4.99 Å². The first-order chi connectivity index (χ1) is 12.4. The van der Waals surface area contributed by atoms with Gasteiger partial charge in [-0.05, 0) is 32.1 Å². The Morgan fingerprint density at radius 3 is 1.64 bits per heavy atom. The summed E-state index contributed by atoms with van der Waals surface area (Å²) in [5, 5.41) is 0. The number of nitrogens with zero attached hydrogens (tertiary/aromatic N) is 1. The van der Waals surface area contributed by atoms with E-state index in [1.165, 1.54) is 135 Å². The summed E-state index contributed by atoms with van der Waals surface area (Å²) in [5.74, 6) is 0.